The molecule has 0 radical (unpaired) electrons. The summed E-state index contributed by atoms with van der Waals surface area (Å²) in [5.41, 5.74) is 1.29. The van der Waals surface area contributed by atoms with Crippen LogP contribution in [0.1, 0.15) is 37.2 Å². The molecule has 0 aliphatic carbocycles. The van der Waals surface area contributed by atoms with E-state index in [0.717, 1.165) is 18.4 Å². The lowest BCUT2D eigenvalue weighted by molar-refractivity contribution is -0.138. The number of carbonyl (C=O) groups excluding carboxylic acids is 1. The number of piperidine rings is 1. The van der Waals surface area contributed by atoms with Crippen molar-refractivity contribution in [3.05, 3.63) is 35.6 Å². The predicted molar refractivity (Wildman–Crippen MR) is 88.7 cm³/mol. The van der Waals surface area contributed by atoms with Gasteiger partial charge in [0, 0.05) is 19.5 Å². The largest absolute Gasteiger partial charge is 0.481 e. The molecular weight excluding hydrogens is 327 g/mol. The standard InChI is InChI=1S/C18H21FN2O4/c19-14-3-1-12(2-4-14)15(11-17(22)23)13-5-8-21(9-6-13)18(24)16-7-10-25-20-16/h1-4,13,15H,5-11H2,(H,22,23). The third-order valence-electron chi connectivity index (χ3n) is 4.94. The van der Waals surface area contributed by atoms with E-state index >= 15 is 0 Å². The molecule has 1 N–H and O–H groups in total. The molecule has 2 aliphatic rings. The molecule has 2 heterocycles. The number of carbonyl (C=O) groups is 2. The molecule has 1 aromatic carbocycles. The zero-order chi connectivity index (χ0) is 17.8. The number of likely N-dealkylation sites (tertiary alicyclic amines) is 1. The highest BCUT2D eigenvalue weighted by molar-refractivity contribution is 6.38. The van der Waals surface area contributed by atoms with Crippen LogP contribution in [0, 0.1) is 11.7 Å². The Morgan fingerprint density at radius 3 is 2.52 bits per heavy atom. The van der Waals surface area contributed by atoms with Gasteiger partial charge in [-0.3, -0.25) is 9.59 Å². The first-order chi connectivity index (χ1) is 12.0. The first kappa shape index (κ1) is 17.4. The van der Waals surface area contributed by atoms with Crippen molar-refractivity contribution in [2.45, 2.75) is 31.6 Å². The van der Waals surface area contributed by atoms with Gasteiger partial charge in [0.1, 0.15) is 18.1 Å². The van der Waals surface area contributed by atoms with Crippen LogP contribution in [0.25, 0.3) is 0 Å². The summed E-state index contributed by atoms with van der Waals surface area (Å²) in [6.07, 6.45) is 1.98. The van der Waals surface area contributed by atoms with E-state index in [2.05, 4.69) is 5.16 Å². The lowest BCUT2D eigenvalue weighted by atomic mass is 9.78. The van der Waals surface area contributed by atoms with Crippen LogP contribution in [0.15, 0.2) is 29.4 Å². The number of carboxylic acid groups (broad SMARTS) is 1. The zero-order valence-corrected chi connectivity index (χ0v) is 13.9. The minimum atomic E-state index is -0.870. The Kier molecular flexibility index (Phi) is 5.31. The molecule has 6 nitrogen and oxygen atoms in total. The third kappa shape index (κ3) is 4.15. The molecule has 1 unspecified atom stereocenters. The molecule has 7 heteroatoms. The average molecular weight is 348 g/mol. The smallest absolute Gasteiger partial charge is 0.303 e. The summed E-state index contributed by atoms with van der Waals surface area (Å²) < 4.78 is 13.2. The van der Waals surface area contributed by atoms with Crippen molar-refractivity contribution in [2.24, 2.45) is 11.1 Å². The fourth-order valence-electron chi connectivity index (χ4n) is 3.60. The second-order valence-electron chi connectivity index (χ2n) is 6.51. The van der Waals surface area contributed by atoms with Crippen molar-refractivity contribution >= 4 is 17.6 Å². The van der Waals surface area contributed by atoms with E-state index in [9.17, 15) is 19.1 Å². The third-order valence-corrected chi connectivity index (χ3v) is 4.94. The molecule has 3 rings (SSSR count). The van der Waals surface area contributed by atoms with Crippen molar-refractivity contribution in [1.29, 1.82) is 0 Å². The number of hydrogen-bond acceptors (Lipinski definition) is 4. The van der Waals surface area contributed by atoms with Gasteiger partial charge in [-0.2, -0.15) is 0 Å². The number of rotatable bonds is 5. The molecule has 134 valence electrons. The number of benzene rings is 1. The molecule has 0 spiro atoms. The molecule has 0 saturated carbocycles. The summed E-state index contributed by atoms with van der Waals surface area (Å²) in [4.78, 5) is 30.3. The van der Waals surface area contributed by atoms with Gasteiger partial charge in [0.05, 0.1) is 6.42 Å². The van der Waals surface area contributed by atoms with Crippen LogP contribution in [-0.4, -0.2) is 47.3 Å². The fourth-order valence-corrected chi connectivity index (χ4v) is 3.60. The van der Waals surface area contributed by atoms with Crippen molar-refractivity contribution in [3.63, 3.8) is 0 Å². The number of halogens is 1. The van der Waals surface area contributed by atoms with Crippen LogP contribution in [-0.2, 0) is 14.4 Å². The van der Waals surface area contributed by atoms with Crippen LogP contribution in [0.3, 0.4) is 0 Å². The van der Waals surface area contributed by atoms with Gasteiger partial charge in [0.15, 0.2) is 0 Å². The Balaban J connectivity index is 1.66. The summed E-state index contributed by atoms with van der Waals surface area (Å²) in [5, 5.41) is 13.0. The van der Waals surface area contributed by atoms with Gasteiger partial charge in [-0.25, -0.2) is 4.39 Å². The molecular formula is C18H21FN2O4. The van der Waals surface area contributed by atoms with Gasteiger partial charge >= 0.3 is 5.97 Å². The Morgan fingerprint density at radius 1 is 1.28 bits per heavy atom. The second kappa shape index (κ2) is 7.63. The minimum Gasteiger partial charge on any atom is -0.481 e. The van der Waals surface area contributed by atoms with Gasteiger partial charge < -0.3 is 14.8 Å². The molecule has 1 atom stereocenters. The predicted octanol–water partition coefficient (Wildman–Crippen LogP) is 2.40. The molecule has 0 aromatic heterocycles. The van der Waals surface area contributed by atoms with Crippen LogP contribution in [0.4, 0.5) is 4.39 Å². The highest BCUT2D eigenvalue weighted by Gasteiger charge is 2.32. The minimum absolute atomic E-state index is 0.00476. The van der Waals surface area contributed by atoms with Crippen LogP contribution < -0.4 is 0 Å². The SMILES string of the molecule is O=C(O)CC(c1ccc(F)cc1)C1CCN(C(=O)C2=NOCC2)CC1. The van der Waals surface area contributed by atoms with Crippen molar-refractivity contribution in [3.8, 4) is 0 Å². The van der Waals surface area contributed by atoms with E-state index in [0.29, 0.717) is 31.8 Å². The summed E-state index contributed by atoms with van der Waals surface area (Å²) in [6.45, 7) is 1.59. The van der Waals surface area contributed by atoms with E-state index in [1.165, 1.54) is 12.1 Å². The Morgan fingerprint density at radius 2 is 1.96 bits per heavy atom. The molecule has 1 fully saturated rings. The highest BCUT2D eigenvalue weighted by atomic mass is 19.1. The maximum Gasteiger partial charge on any atom is 0.303 e. The number of amides is 1. The lowest BCUT2D eigenvalue weighted by Gasteiger charge is -2.35. The first-order valence-electron chi connectivity index (χ1n) is 8.50. The van der Waals surface area contributed by atoms with Crippen LogP contribution in [0.5, 0.6) is 0 Å². The quantitative estimate of drug-likeness (QED) is 0.886. The van der Waals surface area contributed by atoms with E-state index in [1.807, 2.05) is 0 Å². The number of oxime groups is 1. The molecule has 1 saturated heterocycles. The number of carboxylic acids is 1. The topological polar surface area (TPSA) is 79.2 Å². The van der Waals surface area contributed by atoms with Crippen LogP contribution >= 0.6 is 0 Å². The zero-order valence-electron chi connectivity index (χ0n) is 13.9. The summed E-state index contributed by atoms with van der Waals surface area (Å²) >= 11 is 0. The van der Waals surface area contributed by atoms with Gasteiger partial charge in [0.25, 0.3) is 5.91 Å². The second-order valence-corrected chi connectivity index (χ2v) is 6.51. The van der Waals surface area contributed by atoms with Gasteiger partial charge in [-0.15, -0.1) is 0 Å². The molecule has 1 amide bonds. The van der Waals surface area contributed by atoms with E-state index < -0.39 is 5.97 Å². The number of nitrogens with zero attached hydrogens (tertiary/aromatic N) is 2. The Labute approximate surface area is 145 Å². The lowest BCUT2D eigenvalue weighted by Crippen LogP contribution is -2.43. The summed E-state index contributed by atoms with van der Waals surface area (Å²) in [5.74, 6) is -1.33. The summed E-state index contributed by atoms with van der Waals surface area (Å²) in [6, 6.07) is 6.04. The van der Waals surface area contributed by atoms with E-state index in [-0.39, 0.29) is 30.0 Å². The van der Waals surface area contributed by atoms with Crippen molar-refractivity contribution in [1.82, 2.24) is 4.90 Å². The number of hydrogen-bond donors (Lipinski definition) is 1. The van der Waals surface area contributed by atoms with Crippen molar-refractivity contribution in [2.75, 3.05) is 19.7 Å². The number of aliphatic carboxylic acids is 1. The highest BCUT2D eigenvalue weighted by Crippen LogP contribution is 2.35. The first-order valence-corrected chi connectivity index (χ1v) is 8.50. The van der Waals surface area contributed by atoms with E-state index in [4.69, 9.17) is 4.84 Å². The van der Waals surface area contributed by atoms with Gasteiger partial charge in [0.2, 0.25) is 0 Å². The Hall–Kier alpha value is -2.44. The molecule has 0 bridgehead atoms. The van der Waals surface area contributed by atoms with Gasteiger partial charge in [-0.05, 0) is 42.4 Å². The van der Waals surface area contributed by atoms with Crippen molar-refractivity contribution < 1.29 is 23.9 Å². The van der Waals surface area contributed by atoms with Gasteiger partial charge in [-0.1, -0.05) is 17.3 Å². The molecule has 2 aliphatic heterocycles. The van der Waals surface area contributed by atoms with E-state index in [1.54, 1.807) is 17.0 Å². The molecule has 1 aromatic rings. The normalized spacial score (nSPS) is 19.2. The Bertz CT molecular complexity index is 666. The van der Waals surface area contributed by atoms with Crippen LogP contribution in [0.2, 0.25) is 0 Å². The average Bonchev–Trinajstić information content (AvgIpc) is 3.15. The monoisotopic (exact) mass is 348 g/mol. The maximum atomic E-state index is 13.2. The maximum absolute atomic E-state index is 13.2. The summed E-state index contributed by atoms with van der Waals surface area (Å²) in [7, 11) is 0. The molecule has 25 heavy (non-hydrogen) atoms. The fraction of sp³-hybridized carbons (Fsp3) is 0.500.